The van der Waals surface area contributed by atoms with Crippen LogP contribution in [0.15, 0.2) is 109 Å². The fourth-order valence-electron chi connectivity index (χ4n) is 8.18. The highest BCUT2D eigenvalue weighted by Gasteiger charge is 2.19. The van der Waals surface area contributed by atoms with Gasteiger partial charge in [-0.3, -0.25) is 14.4 Å². The number of unbranched alkanes of at least 4 members (excludes halogenated alkanes) is 25. The Morgan fingerprint density at radius 2 is 0.534 bits per heavy atom. The summed E-state index contributed by atoms with van der Waals surface area (Å²) in [6.45, 7) is 6.47. The first-order valence-electron chi connectivity index (χ1n) is 30.4. The lowest BCUT2D eigenvalue weighted by molar-refractivity contribution is -0.167. The van der Waals surface area contributed by atoms with E-state index in [0.29, 0.717) is 19.3 Å². The van der Waals surface area contributed by atoms with Gasteiger partial charge in [0, 0.05) is 19.3 Å². The minimum Gasteiger partial charge on any atom is -0.462 e. The largest absolute Gasteiger partial charge is 0.462 e. The van der Waals surface area contributed by atoms with Crippen LogP contribution in [-0.2, 0) is 28.6 Å². The predicted molar refractivity (Wildman–Crippen MR) is 316 cm³/mol. The number of ether oxygens (including phenoxy) is 3. The van der Waals surface area contributed by atoms with Gasteiger partial charge in [0.05, 0.1) is 0 Å². The van der Waals surface area contributed by atoms with Gasteiger partial charge in [-0.2, -0.15) is 0 Å². The second kappa shape index (κ2) is 60.6. The highest BCUT2D eigenvalue weighted by Crippen LogP contribution is 2.14. The van der Waals surface area contributed by atoms with Crippen LogP contribution in [-0.4, -0.2) is 37.2 Å². The van der Waals surface area contributed by atoms with E-state index in [9.17, 15) is 14.4 Å². The lowest BCUT2D eigenvalue weighted by atomic mass is 10.1. The number of rotatable bonds is 54. The summed E-state index contributed by atoms with van der Waals surface area (Å²) in [5.41, 5.74) is 0. The van der Waals surface area contributed by atoms with Crippen LogP contribution >= 0.6 is 0 Å². The molecule has 416 valence electrons. The molecule has 0 N–H and O–H groups in total. The standard InChI is InChI=1S/C67H112O6/c1-4-7-10-13-16-19-22-25-27-29-30-31-32-33-34-35-36-37-38-39-41-42-45-48-51-54-57-60-66(69)72-63-64(62-71-65(68)59-56-53-50-47-44-24-21-18-15-12-9-6-3)73-67(70)61-58-55-52-49-46-43-40-28-26-23-20-17-14-11-8-5-2/h7,10,16,18-19,21,25,27-28,30-31,33-34,36-37,39-41,64H,4-6,8-9,11-15,17,20,22-24,26,29,32,35,38,42-63H2,1-3H3/b10-7-,19-16-,21-18-,27-25-,31-30-,34-33-,37-36-,40-28-,41-39-. The van der Waals surface area contributed by atoms with Gasteiger partial charge >= 0.3 is 17.9 Å². The molecule has 0 aliphatic carbocycles. The fraction of sp³-hybridized carbons (Fsp3) is 0.687. The highest BCUT2D eigenvalue weighted by molar-refractivity contribution is 5.71. The molecule has 0 aliphatic heterocycles. The molecule has 6 heteroatoms. The van der Waals surface area contributed by atoms with E-state index < -0.39 is 6.10 Å². The number of carbonyl (C=O) groups excluding carboxylic acids is 3. The van der Waals surface area contributed by atoms with Crippen LogP contribution in [0.1, 0.15) is 278 Å². The normalized spacial score (nSPS) is 12.9. The van der Waals surface area contributed by atoms with Crippen LogP contribution < -0.4 is 0 Å². The van der Waals surface area contributed by atoms with Crippen molar-refractivity contribution in [3.63, 3.8) is 0 Å². The van der Waals surface area contributed by atoms with Gasteiger partial charge in [-0.1, -0.05) is 239 Å². The Hall–Kier alpha value is -3.93. The van der Waals surface area contributed by atoms with Crippen molar-refractivity contribution in [2.45, 2.75) is 284 Å². The Bertz CT molecular complexity index is 1490. The lowest BCUT2D eigenvalue weighted by Gasteiger charge is -2.18. The summed E-state index contributed by atoms with van der Waals surface area (Å²) in [6, 6.07) is 0. The zero-order valence-electron chi connectivity index (χ0n) is 47.6. The highest BCUT2D eigenvalue weighted by atomic mass is 16.6. The minimum atomic E-state index is -0.796. The van der Waals surface area contributed by atoms with Crippen molar-refractivity contribution in [3.8, 4) is 0 Å². The summed E-state index contributed by atoms with van der Waals surface area (Å²) in [5.74, 6) is -0.926. The van der Waals surface area contributed by atoms with Gasteiger partial charge in [0.25, 0.3) is 0 Å². The molecule has 0 aromatic heterocycles. The minimum absolute atomic E-state index is 0.0925. The van der Waals surface area contributed by atoms with Crippen molar-refractivity contribution < 1.29 is 28.6 Å². The van der Waals surface area contributed by atoms with E-state index in [1.165, 1.54) is 96.3 Å². The van der Waals surface area contributed by atoms with Crippen molar-refractivity contribution in [1.82, 2.24) is 0 Å². The quantitative estimate of drug-likeness (QED) is 0.0261. The van der Waals surface area contributed by atoms with Gasteiger partial charge in [-0.15, -0.1) is 0 Å². The molecule has 0 amide bonds. The molecule has 0 saturated carbocycles. The SMILES string of the molecule is CC/C=C\C/C=C\C/C=C\C/C=C\C/C=C\C/C=C\C/C=C\CCCCCCCC(=O)OCC(COC(=O)CCCCCCC/C=C\CCCCC)OC(=O)CCCCCCC/C=C\CCCCCCCCC. The van der Waals surface area contributed by atoms with E-state index in [1.54, 1.807) is 0 Å². The second-order valence-corrected chi connectivity index (χ2v) is 19.9. The van der Waals surface area contributed by atoms with Gasteiger partial charge in [-0.25, -0.2) is 0 Å². The average Bonchev–Trinajstić information content (AvgIpc) is 3.39. The van der Waals surface area contributed by atoms with E-state index in [4.69, 9.17) is 14.2 Å². The van der Waals surface area contributed by atoms with E-state index in [0.717, 1.165) is 141 Å². The summed E-state index contributed by atoms with van der Waals surface area (Å²) in [7, 11) is 0. The van der Waals surface area contributed by atoms with E-state index in [-0.39, 0.29) is 31.1 Å². The molecule has 0 aromatic carbocycles. The molecule has 0 saturated heterocycles. The third kappa shape index (κ3) is 58.8. The van der Waals surface area contributed by atoms with Crippen LogP contribution in [0, 0.1) is 0 Å². The molecule has 1 atom stereocenters. The first-order valence-corrected chi connectivity index (χ1v) is 30.4. The molecule has 0 aliphatic rings. The average molecular weight is 1010 g/mol. The lowest BCUT2D eigenvalue weighted by Crippen LogP contribution is -2.30. The van der Waals surface area contributed by atoms with Crippen LogP contribution in [0.25, 0.3) is 0 Å². The van der Waals surface area contributed by atoms with E-state index in [2.05, 4.69) is 130 Å². The van der Waals surface area contributed by atoms with Gasteiger partial charge in [-0.05, 0) is 128 Å². The first-order chi connectivity index (χ1) is 36.0. The number of hydrogen-bond donors (Lipinski definition) is 0. The monoisotopic (exact) mass is 1010 g/mol. The van der Waals surface area contributed by atoms with E-state index >= 15 is 0 Å². The van der Waals surface area contributed by atoms with Gasteiger partial charge in [0.15, 0.2) is 6.10 Å². The Morgan fingerprint density at radius 1 is 0.288 bits per heavy atom. The van der Waals surface area contributed by atoms with Gasteiger partial charge in [0.2, 0.25) is 0 Å². The topological polar surface area (TPSA) is 78.9 Å². The molecule has 0 bridgehead atoms. The van der Waals surface area contributed by atoms with Crippen LogP contribution in [0.4, 0.5) is 0 Å². The Balaban J connectivity index is 4.37. The number of esters is 3. The maximum atomic E-state index is 12.9. The maximum absolute atomic E-state index is 12.9. The molecule has 1 unspecified atom stereocenters. The first kappa shape index (κ1) is 69.1. The van der Waals surface area contributed by atoms with Crippen molar-refractivity contribution in [2.75, 3.05) is 13.2 Å². The molecule has 0 radical (unpaired) electrons. The third-order valence-corrected chi connectivity index (χ3v) is 12.7. The smallest absolute Gasteiger partial charge is 0.306 e. The number of carbonyl (C=O) groups is 3. The van der Waals surface area contributed by atoms with Crippen molar-refractivity contribution >= 4 is 17.9 Å². The Kier molecular flexibility index (Phi) is 57.4. The van der Waals surface area contributed by atoms with Crippen molar-refractivity contribution in [1.29, 1.82) is 0 Å². The zero-order valence-corrected chi connectivity index (χ0v) is 47.6. The summed E-state index contributed by atoms with van der Waals surface area (Å²) < 4.78 is 16.8. The molecular weight excluding hydrogens is 901 g/mol. The van der Waals surface area contributed by atoms with E-state index in [1.807, 2.05) is 0 Å². The molecule has 0 heterocycles. The maximum Gasteiger partial charge on any atom is 0.306 e. The molecular formula is C67H112O6. The van der Waals surface area contributed by atoms with Crippen LogP contribution in [0.5, 0.6) is 0 Å². The Morgan fingerprint density at radius 3 is 0.877 bits per heavy atom. The summed E-state index contributed by atoms with van der Waals surface area (Å²) in [4.78, 5) is 38.2. The second-order valence-electron chi connectivity index (χ2n) is 19.9. The molecule has 0 aromatic rings. The van der Waals surface area contributed by atoms with Crippen LogP contribution in [0.2, 0.25) is 0 Å². The number of allylic oxidation sites excluding steroid dienone is 18. The van der Waals surface area contributed by atoms with Crippen molar-refractivity contribution in [2.24, 2.45) is 0 Å². The molecule has 73 heavy (non-hydrogen) atoms. The van der Waals surface area contributed by atoms with Gasteiger partial charge < -0.3 is 14.2 Å². The predicted octanol–water partition coefficient (Wildman–Crippen LogP) is 20.7. The van der Waals surface area contributed by atoms with Crippen molar-refractivity contribution in [3.05, 3.63) is 109 Å². The molecule has 0 spiro atoms. The molecule has 0 rings (SSSR count). The van der Waals surface area contributed by atoms with Crippen LogP contribution in [0.3, 0.4) is 0 Å². The van der Waals surface area contributed by atoms with Gasteiger partial charge in [0.1, 0.15) is 13.2 Å². The zero-order chi connectivity index (χ0) is 52.9. The fourth-order valence-corrected chi connectivity index (χ4v) is 8.18. The molecule has 6 nitrogen and oxygen atoms in total. The Labute approximate surface area is 450 Å². The summed E-state index contributed by atoms with van der Waals surface area (Å²) >= 11 is 0. The number of hydrogen-bond acceptors (Lipinski definition) is 6. The molecule has 0 fully saturated rings. The summed E-state index contributed by atoms with van der Waals surface area (Å²) in [5, 5.41) is 0. The summed E-state index contributed by atoms with van der Waals surface area (Å²) in [6.07, 6.45) is 82.3. The third-order valence-electron chi connectivity index (χ3n) is 12.7.